The molecule has 78 valence electrons. The number of benzene rings is 1. The van der Waals surface area contributed by atoms with E-state index in [0.717, 1.165) is 0 Å². The van der Waals surface area contributed by atoms with E-state index in [-0.39, 0.29) is 0 Å². The Bertz CT molecular complexity index is 526. The van der Waals surface area contributed by atoms with Gasteiger partial charge in [-0.25, -0.2) is 5.10 Å². The Hall–Kier alpha value is -1.62. The SMILES string of the molecule is Cc1cccc(Cn2c(N)n[nH]c2=S)c1. The smallest absolute Gasteiger partial charge is 0.220 e. The zero-order valence-corrected chi connectivity index (χ0v) is 9.21. The number of nitrogens with zero attached hydrogens (tertiary/aromatic N) is 2. The Balaban J connectivity index is 2.33. The van der Waals surface area contributed by atoms with Gasteiger partial charge in [0.15, 0.2) is 4.77 Å². The standard InChI is InChI=1S/C10H12N4S/c1-7-3-2-4-8(5-7)6-14-9(11)12-13-10(14)15/h2-5H,6H2,1H3,(H2,11,12)(H,13,15). The second-order valence-corrected chi connectivity index (χ2v) is 3.85. The van der Waals surface area contributed by atoms with Gasteiger partial charge in [0, 0.05) is 0 Å². The number of hydrogen-bond donors (Lipinski definition) is 2. The number of H-pyrrole nitrogens is 1. The predicted molar refractivity (Wildman–Crippen MR) is 62.1 cm³/mol. The number of aromatic nitrogens is 3. The summed E-state index contributed by atoms with van der Waals surface area (Å²) in [5.41, 5.74) is 8.07. The van der Waals surface area contributed by atoms with Gasteiger partial charge in [-0.05, 0) is 24.7 Å². The zero-order valence-electron chi connectivity index (χ0n) is 8.40. The molecule has 0 saturated heterocycles. The van der Waals surface area contributed by atoms with Crippen LogP contribution in [0, 0.1) is 11.7 Å². The fourth-order valence-corrected chi connectivity index (χ4v) is 1.68. The number of nitrogens with one attached hydrogen (secondary N) is 1. The van der Waals surface area contributed by atoms with Crippen molar-refractivity contribution in [3.8, 4) is 0 Å². The summed E-state index contributed by atoms with van der Waals surface area (Å²) in [6.45, 7) is 2.71. The monoisotopic (exact) mass is 220 g/mol. The van der Waals surface area contributed by atoms with Gasteiger partial charge in [-0.2, -0.15) is 0 Å². The first kappa shape index (κ1) is 9.92. The van der Waals surface area contributed by atoms with Crippen LogP contribution >= 0.6 is 12.2 Å². The van der Waals surface area contributed by atoms with Crippen LogP contribution in [0.3, 0.4) is 0 Å². The second kappa shape index (κ2) is 3.86. The van der Waals surface area contributed by atoms with Gasteiger partial charge in [0.2, 0.25) is 5.95 Å². The highest BCUT2D eigenvalue weighted by molar-refractivity contribution is 7.71. The summed E-state index contributed by atoms with van der Waals surface area (Å²) < 4.78 is 2.32. The third-order valence-corrected chi connectivity index (χ3v) is 2.52. The van der Waals surface area contributed by atoms with Crippen molar-refractivity contribution in [1.29, 1.82) is 0 Å². The Morgan fingerprint density at radius 3 is 2.93 bits per heavy atom. The lowest BCUT2D eigenvalue weighted by atomic mass is 10.1. The first-order valence-electron chi connectivity index (χ1n) is 4.63. The Kier molecular flexibility index (Phi) is 2.55. The fourth-order valence-electron chi connectivity index (χ4n) is 1.48. The quantitative estimate of drug-likeness (QED) is 0.760. The molecule has 0 amide bonds. The number of aryl methyl sites for hydroxylation is 1. The van der Waals surface area contributed by atoms with Crippen LogP contribution in [0.5, 0.6) is 0 Å². The average Bonchev–Trinajstić information content (AvgIpc) is 2.50. The number of hydrogen-bond acceptors (Lipinski definition) is 3. The van der Waals surface area contributed by atoms with E-state index in [4.69, 9.17) is 18.0 Å². The maximum Gasteiger partial charge on any atom is 0.220 e. The van der Waals surface area contributed by atoms with Crippen LogP contribution in [0.2, 0.25) is 0 Å². The van der Waals surface area contributed by atoms with Gasteiger partial charge in [-0.1, -0.05) is 29.8 Å². The maximum atomic E-state index is 5.68. The van der Waals surface area contributed by atoms with Crippen LogP contribution in [0.1, 0.15) is 11.1 Å². The van der Waals surface area contributed by atoms with Crippen molar-refractivity contribution >= 4 is 18.2 Å². The van der Waals surface area contributed by atoms with Gasteiger partial charge >= 0.3 is 0 Å². The molecule has 0 unspecified atom stereocenters. The fraction of sp³-hybridized carbons (Fsp3) is 0.200. The Morgan fingerprint density at radius 1 is 1.53 bits per heavy atom. The van der Waals surface area contributed by atoms with E-state index in [1.165, 1.54) is 11.1 Å². The molecule has 0 aliphatic rings. The van der Waals surface area contributed by atoms with Crippen molar-refractivity contribution in [1.82, 2.24) is 14.8 Å². The molecular formula is C10H12N4S. The molecule has 0 saturated carbocycles. The molecule has 0 spiro atoms. The molecular weight excluding hydrogens is 208 g/mol. The molecule has 2 aromatic rings. The highest BCUT2D eigenvalue weighted by Crippen LogP contribution is 2.08. The lowest BCUT2D eigenvalue weighted by Crippen LogP contribution is -2.04. The minimum Gasteiger partial charge on any atom is -0.368 e. The molecule has 4 nitrogen and oxygen atoms in total. The summed E-state index contributed by atoms with van der Waals surface area (Å²) in [5, 5.41) is 6.52. The first-order valence-corrected chi connectivity index (χ1v) is 5.04. The molecule has 3 N–H and O–H groups in total. The third-order valence-electron chi connectivity index (χ3n) is 2.21. The van der Waals surface area contributed by atoms with Crippen molar-refractivity contribution in [2.24, 2.45) is 0 Å². The normalized spacial score (nSPS) is 10.5. The van der Waals surface area contributed by atoms with E-state index in [0.29, 0.717) is 17.3 Å². The third kappa shape index (κ3) is 2.07. The van der Waals surface area contributed by atoms with Crippen LogP contribution in [-0.2, 0) is 6.54 Å². The molecule has 0 aliphatic heterocycles. The molecule has 0 atom stereocenters. The first-order chi connectivity index (χ1) is 7.16. The van der Waals surface area contributed by atoms with Crippen LogP contribution < -0.4 is 5.73 Å². The van der Waals surface area contributed by atoms with Crippen molar-refractivity contribution in [3.05, 3.63) is 40.2 Å². The zero-order chi connectivity index (χ0) is 10.8. The van der Waals surface area contributed by atoms with Gasteiger partial charge < -0.3 is 5.73 Å². The highest BCUT2D eigenvalue weighted by atomic mass is 32.1. The van der Waals surface area contributed by atoms with Crippen molar-refractivity contribution in [2.45, 2.75) is 13.5 Å². The minimum atomic E-state index is 0.418. The molecule has 5 heteroatoms. The number of rotatable bonds is 2. The van der Waals surface area contributed by atoms with Crippen LogP contribution in [-0.4, -0.2) is 14.8 Å². The van der Waals surface area contributed by atoms with E-state index >= 15 is 0 Å². The number of aromatic amines is 1. The van der Waals surface area contributed by atoms with Crippen molar-refractivity contribution in [2.75, 3.05) is 5.73 Å². The lowest BCUT2D eigenvalue weighted by molar-refractivity contribution is 0.793. The topological polar surface area (TPSA) is 59.6 Å². The number of nitrogen functional groups attached to an aromatic ring is 1. The predicted octanol–water partition coefficient (Wildman–Crippen LogP) is 1.88. The summed E-state index contributed by atoms with van der Waals surface area (Å²) in [7, 11) is 0. The number of anilines is 1. The molecule has 1 aromatic carbocycles. The molecule has 0 radical (unpaired) electrons. The van der Waals surface area contributed by atoms with E-state index in [2.05, 4.69) is 29.3 Å². The van der Waals surface area contributed by atoms with Crippen LogP contribution in [0.15, 0.2) is 24.3 Å². The van der Waals surface area contributed by atoms with Crippen molar-refractivity contribution < 1.29 is 0 Å². The Labute approximate surface area is 92.7 Å². The molecule has 2 rings (SSSR count). The summed E-state index contributed by atoms with van der Waals surface area (Å²) in [4.78, 5) is 0. The van der Waals surface area contributed by atoms with E-state index in [9.17, 15) is 0 Å². The van der Waals surface area contributed by atoms with Gasteiger partial charge in [-0.3, -0.25) is 4.57 Å². The van der Waals surface area contributed by atoms with Crippen molar-refractivity contribution in [3.63, 3.8) is 0 Å². The summed E-state index contributed by atoms with van der Waals surface area (Å²) >= 11 is 5.07. The van der Waals surface area contributed by atoms with E-state index in [1.54, 1.807) is 4.57 Å². The van der Waals surface area contributed by atoms with Crippen LogP contribution in [0.4, 0.5) is 5.95 Å². The summed E-state index contributed by atoms with van der Waals surface area (Å²) in [5.74, 6) is 0.418. The average molecular weight is 220 g/mol. The van der Waals surface area contributed by atoms with Gasteiger partial charge in [0.05, 0.1) is 6.54 Å². The largest absolute Gasteiger partial charge is 0.368 e. The van der Waals surface area contributed by atoms with Crippen LogP contribution in [0.25, 0.3) is 0 Å². The van der Waals surface area contributed by atoms with Gasteiger partial charge in [-0.15, -0.1) is 5.10 Å². The minimum absolute atomic E-state index is 0.418. The molecule has 15 heavy (non-hydrogen) atoms. The molecule has 0 aliphatic carbocycles. The number of nitrogens with two attached hydrogens (primary N) is 1. The maximum absolute atomic E-state index is 5.68. The summed E-state index contributed by atoms with van der Waals surface area (Å²) in [6.07, 6.45) is 0. The highest BCUT2D eigenvalue weighted by Gasteiger charge is 2.02. The lowest BCUT2D eigenvalue weighted by Gasteiger charge is -2.04. The summed E-state index contributed by atoms with van der Waals surface area (Å²) in [6, 6.07) is 8.22. The van der Waals surface area contributed by atoms with E-state index in [1.807, 2.05) is 12.1 Å². The van der Waals surface area contributed by atoms with Gasteiger partial charge in [0.1, 0.15) is 0 Å². The van der Waals surface area contributed by atoms with E-state index < -0.39 is 0 Å². The van der Waals surface area contributed by atoms with Gasteiger partial charge in [0.25, 0.3) is 0 Å². The second-order valence-electron chi connectivity index (χ2n) is 3.46. The molecule has 0 bridgehead atoms. The molecule has 0 fully saturated rings. The molecule has 1 aromatic heterocycles. The molecule has 1 heterocycles. The Morgan fingerprint density at radius 2 is 2.33 bits per heavy atom.